The zero-order valence-electron chi connectivity index (χ0n) is 17.6. The molecule has 0 bridgehead atoms. The molecule has 2 rings (SSSR count). The lowest BCUT2D eigenvalue weighted by atomic mass is 9.96. The second kappa shape index (κ2) is 9.87. The van der Waals surface area contributed by atoms with Gasteiger partial charge in [0.2, 0.25) is 0 Å². The minimum atomic E-state index is -1.24. The normalized spacial score (nSPS) is 14.0. The highest BCUT2D eigenvalue weighted by molar-refractivity contribution is 5.99. The van der Waals surface area contributed by atoms with Gasteiger partial charge >= 0.3 is 12.1 Å². The Labute approximate surface area is 175 Å². The molecule has 0 radical (unpaired) electrons. The van der Waals surface area contributed by atoms with E-state index in [-0.39, 0.29) is 17.9 Å². The van der Waals surface area contributed by atoms with E-state index in [0.717, 1.165) is 24.0 Å². The zero-order valence-corrected chi connectivity index (χ0v) is 17.6. The van der Waals surface area contributed by atoms with E-state index in [1.165, 1.54) is 13.0 Å². The van der Waals surface area contributed by atoms with Crippen molar-refractivity contribution < 1.29 is 24.2 Å². The van der Waals surface area contributed by atoms with Crippen molar-refractivity contribution in [1.82, 2.24) is 15.6 Å². The molecule has 0 spiro atoms. The van der Waals surface area contributed by atoms with Crippen LogP contribution in [-0.2, 0) is 16.1 Å². The van der Waals surface area contributed by atoms with Gasteiger partial charge in [-0.25, -0.2) is 14.6 Å². The maximum absolute atomic E-state index is 12.6. The first-order chi connectivity index (χ1) is 14.1. The second-order valence-corrected chi connectivity index (χ2v) is 7.71. The van der Waals surface area contributed by atoms with E-state index in [4.69, 9.17) is 9.84 Å². The minimum absolute atomic E-state index is 0.0571. The topological polar surface area (TPSA) is 118 Å². The Morgan fingerprint density at radius 1 is 1.27 bits per heavy atom. The summed E-state index contributed by atoms with van der Waals surface area (Å²) in [4.78, 5) is 40.1. The number of alkyl carbamates (subject to hydrolysis) is 1. The van der Waals surface area contributed by atoms with Gasteiger partial charge in [0.15, 0.2) is 0 Å². The predicted octanol–water partition coefficient (Wildman–Crippen LogP) is 3.56. The van der Waals surface area contributed by atoms with E-state index in [1.54, 1.807) is 32.9 Å². The third-order valence-corrected chi connectivity index (χ3v) is 4.08. The number of ether oxygens (including phenoxy) is 1. The van der Waals surface area contributed by atoms with Crippen LogP contribution in [0.5, 0.6) is 0 Å². The lowest BCUT2D eigenvalue weighted by Gasteiger charge is -2.20. The van der Waals surface area contributed by atoms with Gasteiger partial charge in [0, 0.05) is 0 Å². The molecule has 0 aliphatic heterocycles. The van der Waals surface area contributed by atoms with Crippen molar-refractivity contribution in [1.29, 1.82) is 0 Å². The van der Waals surface area contributed by atoms with Crippen molar-refractivity contribution in [3.63, 3.8) is 0 Å². The number of carbonyl (C=O) groups is 3. The first-order valence-electron chi connectivity index (χ1n) is 9.64. The van der Waals surface area contributed by atoms with E-state index in [1.807, 2.05) is 12.2 Å². The van der Waals surface area contributed by atoms with Crippen LogP contribution in [-0.4, -0.2) is 33.7 Å². The number of aromatic nitrogens is 1. The van der Waals surface area contributed by atoms with Gasteiger partial charge in [-0.2, -0.15) is 0 Å². The van der Waals surface area contributed by atoms with Gasteiger partial charge in [0.05, 0.1) is 12.2 Å². The molecule has 0 saturated carbocycles. The van der Waals surface area contributed by atoms with Crippen LogP contribution in [0.1, 0.15) is 62.3 Å². The summed E-state index contributed by atoms with van der Waals surface area (Å²) in [6, 6.07) is 3.42. The van der Waals surface area contributed by atoms with Gasteiger partial charge in [0.1, 0.15) is 17.0 Å². The van der Waals surface area contributed by atoms with Crippen molar-refractivity contribution in [2.24, 2.45) is 0 Å². The van der Waals surface area contributed by atoms with Crippen LogP contribution in [0.2, 0.25) is 0 Å². The molecule has 0 aromatic carbocycles. The Bertz CT molecular complexity index is 923. The number of carboxylic acid groups (broad SMARTS) is 1. The number of aliphatic carboxylic acids is 1. The Morgan fingerprint density at radius 3 is 2.57 bits per heavy atom. The zero-order chi connectivity index (χ0) is 22.3. The van der Waals surface area contributed by atoms with Gasteiger partial charge in [-0.05, 0) is 63.8 Å². The number of nitrogens with zero attached hydrogens (tertiary/aromatic N) is 1. The first kappa shape index (κ1) is 22.9. The Kier molecular flexibility index (Phi) is 7.52. The number of hydrogen-bond acceptors (Lipinski definition) is 5. The highest BCUT2D eigenvalue weighted by Gasteiger charge is 2.19. The molecule has 8 heteroatoms. The average Bonchev–Trinajstić information content (AvgIpc) is 2.69. The Hall–Kier alpha value is -3.42. The first-order valence-corrected chi connectivity index (χ1v) is 9.64. The summed E-state index contributed by atoms with van der Waals surface area (Å²) in [5, 5.41) is 14.1. The molecule has 30 heavy (non-hydrogen) atoms. The molecule has 0 atom stereocenters. The van der Waals surface area contributed by atoms with Crippen LogP contribution in [0.4, 0.5) is 4.79 Å². The minimum Gasteiger partial charge on any atom is -0.477 e. The standard InChI is InChI=1S/C22H27N3O5/c1-5-17(20(27)28)25-19(26)18-12-15(14-9-7-6-8-10-14)11-16(24-18)13-23-21(29)30-22(2,3)4/h5-7,9,11-12H,8,10,13H2,1-4H3,(H,23,29)(H,25,26)(H,27,28)/b17-5-. The van der Waals surface area contributed by atoms with Crippen LogP contribution in [0.25, 0.3) is 5.57 Å². The molecular weight excluding hydrogens is 386 g/mol. The summed E-state index contributed by atoms with van der Waals surface area (Å²) >= 11 is 0. The van der Waals surface area contributed by atoms with E-state index in [0.29, 0.717) is 5.69 Å². The van der Waals surface area contributed by atoms with Crippen molar-refractivity contribution in [2.45, 2.75) is 52.7 Å². The van der Waals surface area contributed by atoms with Gasteiger partial charge in [-0.1, -0.05) is 24.3 Å². The number of pyridine rings is 1. The van der Waals surface area contributed by atoms with E-state index in [9.17, 15) is 14.4 Å². The second-order valence-electron chi connectivity index (χ2n) is 7.71. The van der Waals surface area contributed by atoms with Gasteiger partial charge in [-0.15, -0.1) is 0 Å². The molecule has 1 aliphatic rings. The fourth-order valence-corrected chi connectivity index (χ4v) is 2.74. The highest BCUT2D eigenvalue weighted by atomic mass is 16.6. The summed E-state index contributed by atoms with van der Waals surface area (Å²) in [5.74, 6) is -1.88. The SMILES string of the molecule is C/C=C(\NC(=O)c1cc(C2=CC=CCC2)cc(CNC(=O)OC(C)(C)C)n1)C(=O)O. The molecule has 1 aromatic rings. The third-order valence-electron chi connectivity index (χ3n) is 4.08. The molecular formula is C22H27N3O5. The molecule has 3 N–H and O–H groups in total. The van der Waals surface area contributed by atoms with Crippen molar-refractivity contribution >= 4 is 23.5 Å². The van der Waals surface area contributed by atoms with Crippen LogP contribution < -0.4 is 10.6 Å². The fourth-order valence-electron chi connectivity index (χ4n) is 2.74. The van der Waals surface area contributed by atoms with Crippen LogP contribution in [0, 0.1) is 0 Å². The molecule has 0 unspecified atom stereocenters. The molecule has 2 amide bonds. The van der Waals surface area contributed by atoms with Gasteiger partial charge in [-0.3, -0.25) is 4.79 Å². The maximum Gasteiger partial charge on any atom is 0.407 e. The molecule has 1 aromatic heterocycles. The highest BCUT2D eigenvalue weighted by Crippen LogP contribution is 2.24. The predicted molar refractivity (Wildman–Crippen MR) is 113 cm³/mol. The number of carboxylic acids is 1. The molecule has 0 fully saturated rings. The van der Waals surface area contributed by atoms with Crippen molar-refractivity contribution in [3.8, 4) is 0 Å². The van der Waals surface area contributed by atoms with Crippen molar-refractivity contribution in [3.05, 3.63) is 59.1 Å². The Balaban J connectivity index is 2.30. The summed E-state index contributed by atoms with van der Waals surface area (Å²) in [5.41, 5.74) is 1.46. The monoisotopic (exact) mass is 413 g/mol. The number of nitrogens with one attached hydrogen (secondary N) is 2. The summed E-state index contributed by atoms with van der Waals surface area (Å²) in [6.07, 6.45) is 8.33. The lowest BCUT2D eigenvalue weighted by molar-refractivity contribution is -0.133. The van der Waals surface area contributed by atoms with Crippen molar-refractivity contribution in [2.75, 3.05) is 0 Å². The Morgan fingerprint density at radius 2 is 2.00 bits per heavy atom. The molecule has 1 heterocycles. The van der Waals surface area contributed by atoms with Gasteiger partial charge in [0.25, 0.3) is 5.91 Å². The van der Waals surface area contributed by atoms with E-state index < -0.39 is 23.6 Å². The summed E-state index contributed by atoms with van der Waals surface area (Å²) in [7, 11) is 0. The maximum atomic E-state index is 12.6. The van der Waals surface area contributed by atoms with E-state index >= 15 is 0 Å². The largest absolute Gasteiger partial charge is 0.477 e. The number of rotatable bonds is 6. The van der Waals surface area contributed by atoms with Gasteiger partial charge < -0.3 is 20.5 Å². The molecule has 1 aliphatic carbocycles. The number of allylic oxidation sites excluding steroid dienone is 5. The third kappa shape index (κ3) is 6.88. The lowest BCUT2D eigenvalue weighted by Crippen LogP contribution is -2.32. The van der Waals surface area contributed by atoms with Crippen LogP contribution in [0.15, 0.2) is 42.1 Å². The van der Waals surface area contributed by atoms with Crippen LogP contribution >= 0.6 is 0 Å². The molecule has 0 saturated heterocycles. The number of hydrogen-bond donors (Lipinski definition) is 3. The number of carbonyl (C=O) groups excluding carboxylic acids is 2. The van der Waals surface area contributed by atoms with Crippen LogP contribution in [0.3, 0.4) is 0 Å². The molecule has 8 nitrogen and oxygen atoms in total. The van der Waals surface area contributed by atoms with E-state index in [2.05, 4.69) is 21.7 Å². The fraction of sp³-hybridized carbons (Fsp3) is 0.364. The number of amides is 2. The smallest absolute Gasteiger partial charge is 0.407 e. The molecule has 160 valence electrons. The average molecular weight is 413 g/mol. The summed E-state index contributed by atoms with van der Waals surface area (Å²) in [6.45, 7) is 6.86. The quantitative estimate of drug-likeness (QED) is 0.614. The summed E-state index contributed by atoms with van der Waals surface area (Å²) < 4.78 is 5.23.